The number of nitrogens with zero attached hydrogens (tertiary/aromatic N) is 1. The molecule has 2 rings (SSSR count). The Morgan fingerprint density at radius 3 is 2.34 bits per heavy atom. The number of guanidine groups is 1. The van der Waals surface area contributed by atoms with Gasteiger partial charge in [-0.25, -0.2) is 4.99 Å². The monoisotopic (exact) mass is 440 g/mol. The highest BCUT2D eigenvalue weighted by atomic mass is 16.5. The fourth-order valence-electron chi connectivity index (χ4n) is 3.19. The Hall–Kier alpha value is -3.22. The predicted molar refractivity (Wildman–Crippen MR) is 130 cm³/mol. The first-order chi connectivity index (χ1) is 15.5. The van der Waals surface area contributed by atoms with E-state index in [1.54, 1.807) is 0 Å². The van der Waals surface area contributed by atoms with Crippen LogP contribution in [0.2, 0.25) is 0 Å². The first kappa shape index (κ1) is 25.0. The lowest BCUT2D eigenvalue weighted by Crippen LogP contribution is -2.38. The highest BCUT2D eigenvalue weighted by Crippen LogP contribution is 2.30. The van der Waals surface area contributed by atoms with Crippen molar-refractivity contribution in [3.63, 3.8) is 0 Å². The molecule has 1 atom stereocenters. The molecule has 7 nitrogen and oxygen atoms in total. The van der Waals surface area contributed by atoms with Crippen molar-refractivity contribution in [1.29, 1.82) is 0 Å². The third-order valence-electron chi connectivity index (χ3n) is 4.71. The topological polar surface area (TPSA) is 84.0 Å². The van der Waals surface area contributed by atoms with Crippen molar-refractivity contribution < 1.29 is 14.3 Å². The van der Waals surface area contributed by atoms with Gasteiger partial charge in [-0.2, -0.15) is 0 Å². The Labute approximate surface area is 191 Å². The molecule has 0 aromatic heterocycles. The van der Waals surface area contributed by atoms with Crippen molar-refractivity contribution in [3.05, 3.63) is 59.2 Å². The number of ether oxygens (including phenoxy) is 2. The number of hydrogen-bond donors (Lipinski definition) is 3. The van der Waals surface area contributed by atoms with Crippen molar-refractivity contribution in [1.82, 2.24) is 16.0 Å². The quantitative estimate of drug-likeness (QED) is 0.363. The van der Waals surface area contributed by atoms with Crippen LogP contribution < -0.4 is 25.4 Å². The molecule has 32 heavy (non-hydrogen) atoms. The molecule has 0 heterocycles. The molecule has 0 aliphatic heterocycles. The van der Waals surface area contributed by atoms with Gasteiger partial charge in [-0.1, -0.05) is 18.2 Å². The Balaban J connectivity index is 2.14. The molecule has 0 saturated heterocycles. The minimum atomic E-state index is -0.0717. The molecule has 3 N–H and O–H groups in total. The van der Waals surface area contributed by atoms with Crippen LogP contribution in [0.1, 0.15) is 62.1 Å². The Morgan fingerprint density at radius 2 is 1.66 bits per heavy atom. The van der Waals surface area contributed by atoms with Crippen LogP contribution in [0.25, 0.3) is 0 Å². The van der Waals surface area contributed by atoms with Gasteiger partial charge >= 0.3 is 0 Å². The second kappa shape index (κ2) is 13.2. The van der Waals surface area contributed by atoms with Crippen molar-refractivity contribution in [2.24, 2.45) is 4.99 Å². The number of carbonyl (C=O) groups is 1. The van der Waals surface area contributed by atoms with E-state index in [0.717, 1.165) is 29.2 Å². The van der Waals surface area contributed by atoms with Gasteiger partial charge in [-0.05, 0) is 70.0 Å². The zero-order chi connectivity index (χ0) is 23.3. The maximum Gasteiger partial charge on any atom is 0.251 e. The summed E-state index contributed by atoms with van der Waals surface area (Å²) in [4.78, 5) is 16.8. The van der Waals surface area contributed by atoms with Crippen LogP contribution in [0.4, 0.5) is 0 Å². The van der Waals surface area contributed by atoms with Gasteiger partial charge in [0, 0.05) is 18.7 Å². The maximum absolute atomic E-state index is 12.1. The van der Waals surface area contributed by atoms with Crippen LogP contribution in [-0.4, -0.2) is 38.2 Å². The summed E-state index contributed by atoms with van der Waals surface area (Å²) in [5.41, 5.74) is 2.68. The summed E-state index contributed by atoms with van der Waals surface area (Å²) in [7, 11) is 0. The molecule has 174 valence electrons. The van der Waals surface area contributed by atoms with Crippen LogP contribution in [0, 0.1) is 0 Å². The third kappa shape index (κ3) is 7.48. The van der Waals surface area contributed by atoms with Gasteiger partial charge in [0.15, 0.2) is 17.5 Å². The molecule has 2 aromatic carbocycles. The lowest BCUT2D eigenvalue weighted by molar-refractivity contribution is 0.0955. The summed E-state index contributed by atoms with van der Waals surface area (Å²) in [6.07, 6.45) is 0. The molecule has 0 aliphatic rings. The highest BCUT2D eigenvalue weighted by Gasteiger charge is 2.13. The number of benzene rings is 2. The molecule has 0 fully saturated rings. The standard InChI is InChI=1S/C25H36N4O3/c1-6-26-24(30)21-12-10-11-19(15-21)17-28-25(27-7-2)29-18(5)20-13-14-22(31-8-3)23(16-20)32-9-4/h10-16,18H,6-9,17H2,1-5H3,(H,26,30)(H2,27,28,29). The van der Waals surface area contributed by atoms with Crippen LogP contribution in [0.15, 0.2) is 47.5 Å². The first-order valence-electron chi connectivity index (χ1n) is 11.3. The minimum Gasteiger partial charge on any atom is -0.490 e. The number of nitrogens with one attached hydrogen (secondary N) is 3. The summed E-state index contributed by atoms with van der Waals surface area (Å²) >= 11 is 0. The SMILES string of the molecule is CCNC(=O)c1cccc(CN=C(NCC)NC(C)c2ccc(OCC)c(OCC)c2)c1. The smallest absolute Gasteiger partial charge is 0.251 e. The van der Waals surface area contributed by atoms with Gasteiger partial charge in [0.25, 0.3) is 5.91 Å². The fraction of sp³-hybridized carbons (Fsp3) is 0.440. The second-order valence-electron chi connectivity index (χ2n) is 7.19. The van der Waals surface area contributed by atoms with Crippen molar-refractivity contribution >= 4 is 11.9 Å². The van der Waals surface area contributed by atoms with E-state index in [9.17, 15) is 4.79 Å². The van der Waals surface area contributed by atoms with E-state index >= 15 is 0 Å². The van der Waals surface area contributed by atoms with Crippen molar-refractivity contribution in [3.8, 4) is 11.5 Å². The number of aliphatic imine (C=N–C) groups is 1. The van der Waals surface area contributed by atoms with Crippen LogP contribution in [-0.2, 0) is 6.54 Å². The number of rotatable bonds is 11. The normalized spacial score (nSPS) is 12.1. The van der Waals surface area contributed by atoms with Crippen LogP contribution >= 0.6 is 0 Å². The van der Waals surface area contributed by atoms with E-state index < -0.39 is 0 Å². The average molecular weight is 441 g/mol. The fourth-order valence-corrected chi connectivity index (χ4v) is 3.19. The van der Waals surface area contributed by atoms with Crippen molar-refractivity contribution in [2.75, 3.05) is 26.3 Å². The Morgan fingerprint density at radius 1 is 0.938 bits per heavy atom. The molecule has 0 spiro atoms. The van der Waals surface area contributed by atoms with E-state index in [1.165, 1.54) is 0 Å². The Bertz CT molecular complexity index is 899. The summed E-state index contributed by atoms with van der Waals surface area (Å²) in [6.45, 7) is 12.9. The zero-order valence-electron chi connectivity index (χ0n) is 19.8. The van der Waals surface area contributed by atoms with E-state index in [2.05, 4.69) is 22.9 Å². The molecular formula is C25H36N4O3. The summed E-state index contributed by atoms with van der Waals surface area (Å²) in [6, 6.07) is 13.5. The summed E-state index contributed by atoms with van der Waals surface area (Å²) in [5, 5.41) is 9.56. The molecule has 0 aliphatic carbocycles. The number of hydrogen-bond acceptors (Lipinski definition) is 4. The van der Waals surface area contributed by atoms with Crippen molar-refractivity contribution in [2.45, 2.75) is 47.2 Å². The molecule has 7 heteroatoms. The van der Waals surface area contributed by atoms with E-state index in [-0.39, 0.29) is 11.9 Å². The molecular weight excluding hydrogens is 404 g/mol. The van der Waals surface area contributed by atoms with Gasteiger partial charge in [-0.3, -0.25) is 4.79 Å². The van der Waals surface area contributed by atoms with Gasteiger partial charge in [0.2, 0.25) is 0 Å². The largest absolute Gasteiger partial charge is 0.490 e. The minimum absolute atomic E-state index is 0.00403. The third-order valence-corrected chi connectivity index (χ3v) is 4.71. The van der Waals surface area contributed by atoms with Gasteiger partial charge in [0.1, 0.15) is 0 Å². The van der Waals surface area contributed by atoms with Gasteiger partial charge in [-0.15, -0.1) is 0 Å². The van der Waals surface area contributed by atoms with Gasteiger partial charge in [0.05, 0.1) is 25.8 Å². The van der Waals surface area contributed by atoms with E-state index in [4.69, 9.17) is 14.5 Å². The molecule has 1 unspecified atom stereocenters. The molecule has 0 saturated carbocycles. The molecule has 2 aromatic rings. The highest BCUT2D eigenvalue weighted by molar-refractivity contribution is 5.94. The molecule has 0 bridgehead atoms. The summed E-state index contributed by atoms with van der Waals surface area (Å²) in [5.74, 6) is 2.12. The van der Waals surface area contributed by atoms with Crippen LogP contribution in [0.3, 0.4) is 0 Å². The second-order valence-corrected chi connectivity index (χ2v) is 7.19. The summed E-state index contributed by atoms with van der Waals surface area (Å²) < 4.78 is 11.4. The predicted octanol–water partition coefficient (Wildman–Crippen LogP) is 4.05. The number of carbonyl (C=O) groups excluding carboxylic acids is 1. The zero-order valence-corrected chi connectivity index (χ0v) is 19.8. The maximum atomic E-state index is 12.1. The first-order valence-corrected chi connectivity index (χ1v) is 11.3. The lowest BCUT2D eigenvalue weighted by atomic mass is 10.1. The van der Waals surface area contributed by atoms with Gasteiger partial charge < -0.3 is 25.4 Å². The van der Waals surface area contributed by atoms with Crippen LogP contribution in [0.5, 0.6) is 11.5 Å². The number of amides is 1. The average Bonchev–Trinajstić information content (AvgIpc) is 2.79. The molecule has 0 radical (unpaired) electrons. The van der Waals surface area contributed by atoms with E-state index in [1.807, 2.05) is 70.2 Å². The Kier molecular flexibility index (Phi) is 10.4. The van der Waals surface area contributed by atoms with E-state index in [0.29, 0.717) is 37.8 Å². The molecule has 1 amide bonds. The lowest BCUT2D eigenvalue weighted by Gasteiger charge is -2.20.